The minimum absolute atomic E-state index is 0.191. The van der Waals surface area contributed by atoms with Crippen LogP contribution in [-0.2, 0) is 14.3 Å². The van der Waals surface area contributed by atoms with Gasteiger partial charge in [0.25, 0.3) is 0 Å². The molecule has 3 aromatic rings. The number of imide groups is 1. The first kappa shape index (κ1) is 18.6. The molecular formula is C22H18N2O5. The fraction of sp³-hybridized carbons (Fsp3) is 0.182. The van der Waals surface area contributed by atoms with Crippen LogP contribution < -0.4 is 4.90 Å². The van der Waals surface area contributed by atoms with Crippen LogP contribution in [0.15, 0.2) is 54.7 Å². The molecule has 4 rings (SSSR count). The molecule has 0 aliphatic carbocycles. The number of Topliss-reactive ketones (excluding diaryl/α,β-unsaturated/α-hetero) is 1. The Balaban J connectivity index is 1.46. The van der Waals surface area contributed by atoms with E-state index < -0.39 is 12.1 Å². The molecule has 2 heterocycles. The van der Waals surface area contributed by atoms with Crippen molar-refractivity contribution in [2.24, 2.45) is 0 Å². The number of ketones is 1. The van der Waals surface area contributed by atoms with E-state index in [4.69, 9.17) is 4.74 Å². The summed E-state index contributed by atoms with van der Waals surface area (Å²) in [6, 6.07) is 13.4. The normalized spacial score (nSPS) is 15.0. The van der Waals surface area contributed by atoms with Crippen molar-refractivity contribution < 1.29 is 23.9 Å². The zero-order valence-corrected chi connectivity index (χ0v) is 15.7. The maximum Gasteiger partial charge on any atom is 0.338 e. The molecule has 1 N–H and O–H groups in total. The van der Waals surface area contributed by atoms with Crippen LogP contribution in [0.2, 0.25) is 0 Å². The first-order valence-corrected chi connectivity index (χ1v) is 9.23. The lowest BCUT2D eigenvalue weighted by Crippen LogP contribution is -2.28. The molecule has 0 saturated carbocycles. The Hall–Kier alpha value is -3.74. The fourth-order valence-electron chi connectivity index (χ4n) is 3.39. The van der Waals surface area contributed by atoms with Crippen molar-refractivity contribution in [1.29, 1.82) is 0 Å². The van der Waals surface area contributed by atoms with E-state index in [0.29, 0.717) is 11.3 Å². The van der Waals surface area contributed by atoms with Crippen LogP contribution >= 0.6 is 0 Å². The van der Waals surface area contributed by atoms with Gasteiger partial charge in [-0.2, -0.15) is 0 Å². The monoisotopic (exact) mass is 390 g/mol. The molecule has 2 aromatic carbocycles. The molecule has 1 atom stereocenters. The molecular weight excluding hydrogens is 372 g/mol. The zero-order valence-electron chi connectivity index (χ0n) is 15.7. The summed E-state index contributed by atoms with van der Waals surface area (Å²) in [6.45, 7) is 1.53. The van der Waals surface area contributed by atoms with Gasteiger partial charge < -0.3 is 9.72 Å². The Kier molecular flexibility index (Phi) is 4.72. The molecule has 7 heteroatoms. The number of para-hydroxylation sites is 1. The minimum atomic E-state index is -0.969. The van der Waals surface area contributed by atoms with E-state index in [1.165, 1.54) is 31.2 Å². The second-order valence-electron chi connectivity index (χ2n) is 6.83. The maximum absolute atomic E-state index is 12.7. The van der Waals surface area contributed by atoms with Crippen LogP contribution in [0.5, 0.6) is 0 Å². The highest BCUT2D eigenvalue weighted by Crippen LogP contribution is 2.24. The summed E-state index contributed by atoms with van der Waals surface area (Å²) in [5, 5.41) is 0.768. The van der Waals surface area contributed by atoms with Gasteiger partial charge in [-0.25, -0.2) is 4.79 Å². The highest BCUT2D eigenvalue weighted by atomic mass is 16.5. The molecule has 1 aliphatic rings. The van der Waals surface area contributed by atoms with Crippen molar-refractivity contribution >= 4 is 40.2 Å². The van der Waals surface area contributed by atoms with Crippen molar-refractivity contribution in [3.05, 3.63) is 65.9 Å². The minimum Gasteiger partial charge on any atom is -0.451 e. The summed E-state index contributed by atoms with van der Waals surface area (Å²) < 4.78 is 5.33. The van der Waals surface area contributed by atoms with Crippen LogP contribution in [-0.4, -0.2) is 34.7 Å². The molecule has 1 aromatic heterocycles. The number of carbonyl (C=O) groups is 4. The number of aromatic nitrogens is 1. The largest absolute Gasteiger partial charge is 0.451 e. The van der Waals surface area contributed by atoms with Gasteiger partial charge in [0.1, 0.15) is 0 Å². The lowest BCUT2D eigenvalue weighted by molar-refractivity contribution is -0.121. The predicted octanol–water partition coefficient (Wildman–Crippen LogP) is 3.25. The third-order valence-corrected chi connectivity index (χ3v) is 4.92. The van der Waals surface area contributed by atoms with Crippen LogP contribution in [0.25, 0.3) is 10.9 Å². The van der Waals surface area contributed by atoms with Crippen molar-refractivity contribution in [3.8, 4) is 0 Å². The number of ether oxygens (including phenoxy) is 1. The van der Waals surface area contributed by atoms with Crippen LogP contribution in [0, 0.1) is 0 Å². The highest BCUT2D eigenvalue weighted by molar-refractivity contribution is 6.19. The lowest BCUT2D eigenvalue weighted by atomic mass is 10.1. The number of rotatable bonds is 5. The van der Waals surface area contributed by atoms with E-state index in [9.17, 15) is 19.2 Å². The van der Waals surface area contributed by atoms with Gasteiger partial charge >= 0.3 is 5.97 Å². The maximum atomic E-state index is 12.7. The van der Waals surface area contributed by atoms with Gasteiger partial charge in [-0.1, -0.05) is 18.2 Å². The van der Waals surface area contributed by atoms with E-state index in [1.807, 2.05) is 24.3 Å². The highest BCUT2D eigenvalue weighted by Gasteiger charge is 2.30. The molecule has 1 fully saturated rings. The van der Waals surface area contributed by atoms with E-state index in [0.717, 1.165) is 15.8 Å². The summed E-state index contributed by atoms with van der Waals surface area (Å²) in [5.41, 5.74) is 1.93. The fourth-order valence-corrected chi connectivity index (χ4v) is 3.39. The van der Waals surface area contributed by atoms with Gasteiger partial charge in [-0.05, 0) is 37.3 Å². The van der Waals surface area contributed by atoms with E-state index in [1.54, 1.807) is 6.20 Å². The molecule has 29 heavy (non-hydrogen) atoms. The predicted molar refractivity (Wildman–Crippen MR) is 106 cm³/mol. The number of nitrogens with zero attached hydrogens (tertiary/aromatic N) is 1. The van der Waals surface area contributed by atoms with Crippen LogP contribution in [0.1, 0.15) is 40.5 Å². The SMILES string of the molecule is C[C@H](OC(=O)c1ccc(N2C(=O)CCC2=O)cc1)C(=O)c1c[nH]c2ccccc12. The molecule has 0 bridgehead atoms. The average Bonchev–Trinajstić information content (AvgIpc) is 3.30. The van der Waals surface area contributed by atoms with Gasteiger partial charge in [-0.3, -0.25) is 19.3 Å². The van der Waals surface area contributed by atoms with E-state index >= 15 is 0 Å². The van der Waals surface area contributed by atoms with Crippen LogP contribution in [0.3, 0.4) is 0 Å². The van der Waals surface area contributed by atoms with Crippen molar-refractivity contribution in [3.63, 3.8) is 0 Å². The lowest BCUT2D eigenvalue weighted by Gasteiger charge is -2.15. The Morgan fingerprint density at radius 1 is 1.00 bits per heavy atom. The van der Waals surface area contributed by atoms with Gasteiger partial charge in [0, 0.05) is 35.5 Å². The number of esters is 1. The zero-order chi connectivity index (χ0) is 20.5. The average molecular weight is 390 g/mol. The van der Waals surface area contributed by atoms with Gasteiger partial charge in [-0.15, -0.1) is 0 Å². The summed E-state index contributed by atoms with van der Waals surface area (Å²) in [7, 11) is 0. The molecule has 146 valence electrons. The number of aromatic amines is 1. The molecule has 2 amide bonds. The first-order chi connectivity index (χ1) is 14.0. The third-order valence-electron chi connectivity index (χ3n) is 4.92. The quantitative estimate of drug-likeness (QED) is 0.410. The van der Waals surface area contributed by atoms with Crippen LogP contribution in [0.4, 0.5) is 5.69 Å². The number of fused-ring (bicyclic) bond motifs is 1. The number of hydrogen-bond donors (Lipinski definition) is 1. The number of H-pyrrole nitrogens is 1. The van der Waals surface area contributed by atoms with Crippen molar-refractivity contribution in [2.75, 3.05) is 4.90 Å². The van der Waals surface area contributed by atoms with E-state index in [-0.39, 0.29) is 36.0 Å². The summed E-state index contributed by atoms with van der Waals surface area (Å²) in [5.74, 6) is -1.48. The van der Waals surface area contributed by atoms with Crippen molar-refractivity contribution in [1.82, 2.24) is 4.98 Å². The molecule has 0 unspecified atom stereocenters. The first-order valence-electron chi connectivity index (χ1n) is 9.23. The molecule has 1 saturated heterocycles. The number of amides is 2. The number of benzene rings is 2. The van der Waals surface area contributed by atoms with E-state index in [2.05, 4.69) is 4.98 Å². The van der Waals surface area contributed by atoms with Gasteiger partial charge in [0.05, 0.1) is 11.3 Å². The number of carbonyl (C=O) groups excluding carboxylic acids is 4. The summed E-state index contributed by atoms with van der Waals surface area (Å²) >= 11 is 0. The standard InChI is InChI=1S/C22H18N2O5/c1-13(21(27)17-12-23-18-5-3-2-4-16(17)18)29-22(28)14-6-8-15(9-7-14)24-19(25)10-11-20(24)26/h2-9,12-13,23H,10-11H2,1H3/t13-/m0/s1. The van der Waals surface area contributed by atoms with Gasteiger partial charge in [0.15, 0.2) is 6.10 Å². The second kappa shape index (κ2) is 7.35. The Morgan fingerprint density at radius 3 is 2.34 bits per heavy atom. The Labute approximate surface area is 166 Å². The molecule has 0 radical (unpaired) electrons. The topological polar surface area (TPSA) is 96.5 Å². The second-order valence-corrected chi connectivity index (χ2v) is 6.83. The summed E-state index contributed by atoms with van der Waals surface area (Å²) in [4.78, 5) is 52.9. The smallest absolute Gasteiger partial charge is 0.338 e. The number of anilines is 1. The third kappa shape index (κ3) is 3.42. The number of hydrogen-bond acceptors (Lipinski definition) is 5. The summed E-state index contributed by atoms with van der Waals surface area (Å²) in [6.07, 6.45) is 1.02. The molecule has 7 nitrogen and oxygen atoms in total. The van der Waals surface area contributed by atoms with Crippen molar-refractivity contribution in [2.45, 2.75) is 25.9 Å². The molecule has 0 spiro atoms. The Morgan fingerprint density at radius 2 is 1.66 bits per heavy atom. The Bertz CT molecular complexity index is 1110. The van der Waals surface area contributed by atoms with Gasteiger partial charge in [0.2, 0.25) is 17.6 Å². The number of nitrogens with one attached hydrogen (secondary N) is 1. The molecule has 1 aliphatic heterocycles.